The van der Waals surface area contributed by atoms with Gasteiger partial charge in [-0.2, -0.15) is 0 Å². The van der Waals surface area contributed by atoms with Gasteiger partial charge in [-0.25, -0.2) is 4.39 Å². The largest absolute Gasteiger partial charge is 0.496 e. The monoisotopic (exact) mass is 238 g/mol. The maximum Gasteiger partial charge on any atom is 0.203 e. The average Bonchev–Trinajstić information content (AvgIpc) is 2.28. The van der Waals surface area contributed by atoms with Crippen LogP contribution in [0.15, 0.2) is 18.2 Å². The van der Waals surface area contributed by atoms with Crippen molar-refractivity contribution in [2.75, 3.05) is 7.11 Å². The first-order valence-corrected chi connectivity index (χ1v) is 5.35. The molecule has 1 rings (SSSR count). The highest BCUT2D eigenvalue weighted by Crippen LogP contribution is 2.20. The van der Waals surface area contributed by atoms with E-state index in [0.29, 0.717) is 11.3 Å². The zero-order valence-corrected chi connectivity index (χ0v) is 10.1. The second kappa shape index (κ2) is 5.57. The Morgan fingerprint density at radius 3 is 2.53 bits per heavy atom. The summed E-state index contributed by atoms with van der Waals surface area (Å²) in [4.78, 5) is 23.1. The van der Waals surface area contributed by atoms with Crippen LogP contribution in [0.1, 0.15) is 19.4 Å². The van der Waals surface area contributed by atoms with Crippen LogP contribution in [-0.4, -0.2) is 18.7 Å². The molecule has 0 spiro atoms. The Morgan fingerprint density at radius 1 is 1.35 bits per heavy atom. The third-order valence-corrected chi connectivity index (χ3v) is 2.39. The van der Waals surface area contributed by atoms with Crippen LogP contribution in [0, 0.1) is 11.7 Å². The Balaban J connectivity index is 2.91. The third-order valence-electron chi connectivity index (χ3n) is 2.39. The molecule has 0 bridgehead atoms. The van der Waals surface area contributed by atoms with Gasteiger partial charge in [0.1, 0.15) is 11.6 Å². The quantitative estimate of drug-likeness (QED) is 0.738. The molecule has 1 aromatic carbocycles. The minimum absolute atomic E-state index is 0.127. The van der Waals surface area contributed by atoms with Gasteiger partial charge in [0, 0.05) is 17.9 Å². The molecule has 0 saturated heterocycles. The van der Waals surface area contributed by atoms with Crippen LogP contribution in [0.5, 0.6) is 5.75 Å². The topological polar surface area (TPSA) is 43.4 Å². The summed E-state index contributed by atoms with van der Waals surface area (Å²) in [5.41, 5.74) is 0.395. The second-order valence-electron chi connectivity index (χ2n) is 4.08. The van der Waals surface area contributed by atoms with E-state index in [-0.39, 0.29) is 12.3 Å². The molecular weight excluding hydrogens is 223 g/mol. The fraction of sp³-hybridized carbons (Fsp3) is 0.385. The highest BCUT2D eigenvalue weighted by Gasteiger charge is 2.19. The van der Waals surface area contributed by atoms with Crippen molar-refractivity contribution in [3.05, 3.63) is 29.6 Å². The first kappa shape index (κ1) is 13.4. The van der Waals surface area contributed by atoms with E-state index >= 15 is 0 Å². The molecule has 0 fully saturated rings. The van der Waals surface area contributed by atoms with Crippen LogP contribution in [0.3, 0.4) is 0 Å². The number of hydrogen-bond acceptors (Lipinski definition) is 3. The van der Waals surface area contributed by atoms with Gasteiger partial charge in [-0.15, -0.1) is 0 Å². The number of carbonyl (C=O) groups excluding carboxylic acids is 2. The van der Waals surface area contributed by atoms with Crippen molar-refractivity contribution in [1.29, 1.82) is 0 Å². The van der Waals surface area contributed by atoms with Gasteiger partial charge in [0.15, 0.2) is 0 Å². The summed E-state index contributed by atoms with van der Waals surface area (Å²) < 4.78 is 18.1. The lowest BCUT2D eigenvalue weighted by Gasteiger charge is -2.08. The fourth-order valence-electron chi connectivity index (χ4n) is 1.47. The van der Waals surface area contributed by atoms with Crippen LogP contribution in [0.25, 0.3) is 0 Å². The molecule has 3 nitrogen and oxygen atoms in total. The molecule has 4 heteroatoms. The summed E-state index contributed by atoms with van der Waals surface area (Å²) in [5.74, 6) is -1.36. The molecule has 0 saturated carbocycles. The van der Waals surface area contributed by atoms with Gasteiger partial charge in [-0.05, 0) is 18.2 Å². The van der Waals surface area contributed by atoms with Gasteiger partial charge in [-0.1, -0.05) is 13.8 Å². The highest BCUT2D eigenvalue weighted by molar-refractivity contribution is 6.38. The van der Waals surface area contributed by atoms with Gasteiger partial charge in [0.2, 0.25) is 11.6 Å². The number of ketones is 2. The van der Waals surface area contributed by atoms with Crippen molar-refractivity contribution in [2.24, 2.45) is 5.92 Å². The Bertz CT molecular complexity index is 438. The predicted octanol–water partition coefficient (Wildman–Crippen LogP) is 2.17. The van der Waals surface area contributed by atoms with Crippen LogP contribution in [0.2, 0.25) is 0 Å². The van der Waals surface area contributed by atoms with E-state index < -0.39 is 17.4 Å². The number of benzene rings is 1. The molecule has 0 unspecified atom stereocenters. The molecule has 0 aromatic heterocycles. The number of ether oxygens (including phenoxy) is 1. The molecule has 0 aliphatic heterocycles. The molecule has 17 heavy (non-hydrogen) atoms. The highest BCUT2D eigenvalue weighted by atomic mass is 19.1. The summed E-state index contributed by atoms with van der Waals surface area (Å²) in [6.45, 7) is 3.31. The van der Waals surface area contributed by atoms with E-state index in [1.165, 1.54) is 25.3 Å². The molecule has 1 aromatic rings. The lowest BCUT2D eigenvalue weighted by molar-refractivity contribution is -0.138. The van der Waals surface area contributed by atoms with E-state index in [1.807, 2.05) is 0 Å². The van der Waals surface area contributed by atoms with Crippen LogP contribution in [-0.2, 0) is 16.0 Å². The van der Waals surface area contributed by atoms with Crippen molar-refractivity contribution in [2.45, 2.75) is 20.3 Å². The van der Waals surface area contributed by atoms with Crippen molar-refractivity contribution in [3.8, 4) is 5.75 Å². The summed E-state index contributed by atoms with van der Waals surface area (Å²) in [6, 6.07) is 3.90. The normalized spacial score (nSPS) is 10.4. The van der Waals surface area contributed by atoms with E-state index in [1.54, 1.807) is 13.8 Å². The Labute approximate surface area is 99.6 Å². The lowest BCUT2D eigenvalue weighted by atomic mass is 9.99. The number of rotatable bonds is 5. The van der Waals surface area contributed by atoms with Crippen molar-refractivity contribution in [3.63, 3.8) is 0 Å². The summed E-state index contributed by atoms with van der Waals surface area (Å²) in [7, 11) is 1.44. The zero-order chi connectivity index (χ0) is 13.0. The van der Waals surface area contributed by atoms with Gasteiger partial charge < -0.3 is 4.74 Å². The van der Waals surface area contributed by atoms with E-state index in [4.69, 9.17) is 4.74 Å². The average molecular weight is 238 g/mol. The SMILES string of the molecule is COc1ccc(F)cc1CC(=O)C(=O)C(C)C. The Hall–Kier alpha value is -1.71. The van der Waals surface area contributed by atoms with Crippen molar-refractivity contribution >= 4 is 11.6 Å². The first-order valence-electron chi connectivity index (χ1n) is 5.35. The van der Waals surface area contributed by atoms with Crippen LogP contribution >= 0.6 is 0 Å². The zero-order valence-electron chi connectivity index (χ0n) is 10.1. The predicted molar refractivity (Wildman–Crippen MR) is 61.5 cm³/mol. The Kier molecular flexibility index (Phi) is 4.37. The Morgan fingerprint density at radius 2 is 2.00 bits per heavy atom. The lowest BCUT2D eigenvalue weighted by Crippen LogP contribution is -2.21. The molecule has 0 aliphatic carbocycles. The number of methoxy groups -OCH3 is 1. The van der Waals surface area contributed by atoms with E-state index in [2.05, 4.69) is 0 Å². The molecular formula is C13H15FO3. The summed E-state index contributed by atoms with van der Waals surface area (Å²) >= 11 is 0. The number of hydrogen-bond donors (Lipinski definition) is 0. The molecule has 92 valence electrons. The minimum Gasteiger partial charge on any atom is -0.496 e. The number of halogens is 1. The molecule has 0 N–H and O–H groups in total. The molecule has 0 radical (unpaired) electrons. The van der Waals surface area contributed by atoms with Crippen LogP contribution in [0.4, 0.5) is 4.39 Å². The van der Waals surface area contributed by atoms with Crippen LogP contribution < -0.4 is 4.74 Å². The summed E-state index contributed by atoms with van der Waals surface area (Å²) in [6.07, 6.45) is -0.127. The second-order valence-corrected chi connectivity index (χ2v) is 4.08. The van der Waals surface area contributed by atoms with E-state index in [9.17, 15) is 14.0 Å². The molecule has 0 amide bonds. The first-order chi connectivity index (χ1) is 7.95. The molecule has 0 atom stereocenters. The van der Waals surface area contributed by atoms with Crippen molar-refractivity contribution in [1.82, 2.24) is 0 Å². The fourth-order valence-corrected chi connectivity index (χ4v) is 1.47. The number of carbonyl (C=O) groups is 2. The van der Waals surface area contributed by atoms with Gasteiger partial charge >= 0.3 is 0 Å². The van der Waals surface area contributed by atoms with Crippen molar-refractivity contribution < 1.29 is 18.7 Å². The molecule has 0 aliphatic rings. The number of Topliss-reactive ketones (excluding diaryl/α,β-unsaturated/α-hetero) is 2. The maximum atomic E-state index is 13.0. The smallest absolute Gasteiger partial charge is 0.203 e. The molecule has 0 heterocycles. The maximum absolute atomic E-state index is 13.0. The van der Waals surface area contributed by atoms with Gasteiger partial charge in [0.25, 0.3) is 0 Å². The van der Waals surface area contributed by atoms with E-state index in [0.717, 1.165) is 0 Å². The summed E-state index contributed by atoms with van der Waals surface area (Å²) in [5, 5.41) is 0. The minimum atomic E-state index is -0.524. The third kappa shape index (κ3) is 3.37. The van der Waals surface area contributed by atoms with Gasteiger partial charge in [-0.3, -0.25) is 9.59 Å². The van der Waals surface area contributed by atoms with Gasteiger partial charge in [0.05, 0.1) is 7.11 Å². The standard InChI is InChI=1S/C13H15FO3/c1-8(2)13(16)11(15)7-9-6-10(14)4-5-12(9)17-3/h4-6,8H,7H2,1-3H3.